The Hall–Kier alpha value is -0.0800. The van der Waals surface area contributed by atoms with Crippen LogP contribution in [0.5, 0.6) is 0 Å². The van der Waals surface area contributed by atoms with E-state index in [-0.39, 0.29) is 0 Å². The highest BCUT2D eigenvalue weighted by Gasteiger charge is 2.35. The summed E-state index contributed by atoms with van der Waals surface area (Å²) >= 11 is 0. The molecule has 0 bridgehead atoms. The maximum atomic E-state index is 3.73. The summed E-state index contributed by atoms with van der Waals surface area (Å²) in [6.45, 7) is 17.7. The van der Waals surface area contributed by atoms with Crippen LogP contribution in [0.3, 0.4) is 0 Å². The number of rotatable bonds is 5. The fourth-order valence-electron chi connectivity index (χ4n) is 2.69. The topological polar surface area (TPSA) is 15.3 Å². The summed E-state index contributed by atoms with van der Waals surface area (Å²) in [7, 11) is 0. The van der Waals surface area contributed by atoms with E-state index in [4.69, 9.17) is 0 Å². The van der Waals surface area contributed by atoms with Crippen molar-refractivity contribution >= 4 is 0 Å². The first-order valence-corrected chi connectivity index (χ1v) is 7.26. The molecule has 0 amide bonds. The van der Waals surface area contributed by atoms with Crippen molar-refractivity contribution in [3.63, 3.8) is 0 Å². The molecule has 0 aromatic carbocycles. The third kappa shape index (κ3) is 4.26. The first-order valence-electron chi connectivity index (χ1n) is 7.26. The molecule has 1 aliphatic rings. The monoisotopic (exact) mass is 240 g/mol. The lowest BCUT2D eigenvalue weighted by Gasteiger charge is -2.40. The Morgan fingerprint density at radius 3 is 2.35 bits per heavy atom. The van der Waals surface area contributed by atoms with Crippen LogP contribution in [0, 0.1) is 5.41 Å². The number of nitrogens with one attached hydrogen (secondary N) is 1. The first-order chi connectivity index (χ1) is 7.77. The molecule has 0 aromatic heterocycles. The molecular formula is C15H32N2. The summed E-state index contributed by atoms with van der Waals surface area (Å²) in [6.07, 6.45) is 3.92. The summed E-state index contributed by atoms with van der Waals surface area (Å²) in [6, 6.07) is 0.597. The fourth-order valence-corrected chi connectivity index (χ4v) is 2.69. The summed E-state index contributed by atoms with van der Waals surface area (Å²) in [4.78, 5) is 2.67. The maximum Gasteiger partial charge on any atom is 0.0243 e. The zero-order valence-electron chi connectivity index (χ0n) is 12.8. The van der Waals surface area contributed by atoms with Gasteiger partial charge in [0.05, 0.1) is 0 Å². The molecule has 0 spiro atoms. The van der Waals surface area contributed by atoms with Gasteiger partial charge in [-0.05, 0) is 51.6 Å². The first kappa shape index (κ1) is 15.0. The van der Waals surface area contributed by atoms with Crippen molar-refractivity contribution in [3.8, 4) is 0 Å². The van der Waals surface area contributed by atoms with Crippen molar-refractivity contribution in [1.82, 2.24) is 10.2 Å². The van der Waals surface area contributed by atoms with Crippen molar-refractivity contribution in [2.24, 2.45) is 5.41 Å². The lowest BCUT2D eigenvalue weighted by Crippen LogP contribution is -2.52. The van der Waals surface area contributed by atoms with Gasteiger partial charge in [0.1, 0.15) is 0 Å². The molecule has 1 aliphatic heterocycles. The van der Waals surface area contributed by atoms with E-state index in [1.807, 2.05) is 0 Å². The molecule has 1 rings (SSSR count). The van der Waals surface area contributed by atoms with Crippen LogP contribution < -0.4 is 5.32 Å². The molecule has 2 nitrogen and oxygen atoms in total. The number of hydrogen-bond donors (Lipinski definition) is 1. The van der Waals surface area contributed by atoms with Gasteiger partial charge >= 0.3 is 0 Å². The van der Waals surface area contributed by atoms with E-state index < -0.39 is 0 Å². The van der Waals surface area contributed by atoms with E-state index in [0.717, 1.165) is 6.54 Å². The lowest BCUT2D eigenvalue weighted by molar-refractivity contribution is 0.120. The second-order valence-electron chi connectivity index (χ2n) is 7.23. The van der Waals surface area contributed by atoms with Crippen LogP contribution in [-0.2, 0) is 0 Å². The summed E-state index contributed by atoms with van der Waals surface area (Å²) in [5.74, 6) is 0. The van der Waals surface area contributed by atoms with Crippen LogP contribution in [0.15, 0.2) is 0 Å². The second-order valence-corrected chi connectivity index (χ2v) is 7.23. The Balaban J connectivity index is 2.60. The largest absolute Gasteiger partial charge is 0.312 e. The minimum absolute atomic E-state index is 0.341. The molecule has 0 radical (unpaired) electrons. The molecule has 0 aromatic rings. The second kappa shape index (κ2) is 5.71. The average molecular weight is 240 g/mol. The third-order valence-electron chi connectivity index (χ3n) is 4.16. The Morgan fingerprint density at radius 1 is 1.29 bits per heavy atom. The minimum Gasteiger partial charge on any atom is -0.312 e. The Morgan fingerprint density at radius 2 is 1.94 bits per heavy atom. The van der Waals surface area contributed by atoms with Crippen LogP contribution in [0.2, 0.25) is 0 Å². The smallest absolute Gasteiger partial charge is 0.0243 e. The van der Waals surface area contributed by atoms with Crippen LogP contribution >= 0.6 is 0 Å². The molecule has 0 aliphatic carbocycles. The molecule has 102 valence electrons. The Labute approximate surface area is 108 Å². The molecule has 1 atom stereocenters. The molecule has 1 fully saturated rings. The lowest BCUT2D eigenvalue weighted by atomic mass is 9.85. The van der Waals surface area contributed by atoms with Crippen molar-refractivity contribution in [3.05, 3.63) is 0 Å². The van der Waals surface area contributed by atoms with E-state index in [2.05, 4.69) is 51.8 Å². The van der Waals surface area contributed by atoms with Gasteiger partial charge in [0.2, 0.25) is 0 Å². The highest BCUT2D eigenvalue weighted by molar-refractivity contribution is 4.92. The third-order valence-corrected chi connectivity index (χ3v) is 4.16. The molecule has 1 unspecified atom stereocenters. The van der Waals surface area contributed by atoms with Crippen LogP contribution in [-0.4, -0.2) is 36.1 Å². The fraction of sp³-hybridized carbons (Fsp3) is 1.00. The Bertz CT molecular complexity index is 228. The molecule has 1 heterocycles. The number of nitrogens with zero attached hydrogens (tertiary/aromatic N) is 1. The van der Waals surface area contributed by atoms with Gasteiger partial charge in [-0.1, -0.05) is 27.7 Å². The summed E-state index contributed by atoms with van der Waals surface area (Å²) in [5, 5.41) is 3.73. The standard InChI is InChI=1S/C15H32N2/c1-7-10-16-13(14(2,3)4)12-17-11-8-9-15(17,5)6/h13,16H,7-12H2,1-6H3. The molecule has 0 saturated carbocycles. The summed E-state index contributed by atoms with van der Waals surface area (Å²) < 4.78 is 0. The molecular weight excluding hydrogens is 208 g/mol. The maximum absolute atomic E-state index is 3.73. The predicted octanol–water partition coefficient (Wildman–Crippen LogP) is 3.28. The minimum atomic E-state index is 0.341. The van der Waals surface area contributed by atoms with Crippen LogP contribution in [0.1, 0.15) is 60.8 Å². The van der Waals surface area contributed by atoms with Crippen molar-refractivity contribution < 1.29 is 0 Å². The molecule has 17 heavy (non-hydrogen) atoms. The molecule has 1 saturated heterocycles. The van der Waals surface area contributed by atoms with E-state index in [1.165, 1.54) is 32.4 Å². The Kier molecular flexibility index (Phi) is 5.03. The molecule has 1 N–H and O–H groups in total. The van der Waals surface area contributed by atoms with E-state index >= 15 is 0 Å². The van der Waals surface area contributed by atoms with Gasteiger partial charge in [-0.15, -0.1) is 0 Å². The van der Waals surface area contributed by atoms with Gasteiger partial charge in [-0.2, -0.15) is 0 Å². The molecule has 2 heteroatoms. The van der Waals surface area contributed by atoms with Crippen LogP contribution in [0.25, 0.3) is 0 Å². The van der Waals surface area contributed by atoms with Gasteiger partial charge in [-0.25, -0.2) is 0 Å². The van der Waals surface area contributed by atoms with Gasteiger partial charge in [0.25, 0.3) is 0 Å². The van der Waals surface area contributed by atoms with Crippen LogP contribution in [0.4, 0.5) is 0 Å². The van der Waals surface area contributed by atoms with Gasteiger partial charge < -0.3 is 5.32 Å². The zero-order chi connectivity index (χ0) is 13.1. The van der Waals surface area contributed by atoms with E-state index in [0.29, 0.717) is 17.0 Å². The van der Waals surface area contributed by atoms with Crippen molar-refractivity contribution in [2.45, 2.75) is 72.4 Å². The zero-order valence-corrected chi connectivity index (χ0v) is 12.8. The number of hydrogen-bond acceptors (Lipinski definition) is 2. The average Bonchev–Trinajstić information content (AvgIpc) is 2.50. The highest BCUT2D eigenvalue weighted by atomic mass is 15.2. The van der Waals surface area contributed by atoms with E-state index in [1.54, 1.807) is 0 Å². The van der Waals surface area contributed by atoms with Crippen molar-refractivity contribution in [2.75, 3.05) is 19.6 Å². The van der Waals surface area contributed by atoms with Crippen molar-refractivity contribution in [1.29, 1.82) is 0 Å². The SMILES string of the molecule is CCCNC(CN1CCCC1(C)C)C(C)(C)C. The van der Waals surface area contributed by atoms with Gasteiger partial charge in [0.15, 0.2) is 0 Å². The predicted molar refractivity (Wildman–Crippen MR) is 76.4 cm³/mol. The quantitative estimate of drug-likeness (QED) is 0.793. The highest BCUT2D eigenvalue weighted by Crippen LogP contribution is 2.30. The normalized spacial score (nSPS) is 22.9. The van der Waals surface area contributed by atoms with Gasteiger partial charge in [-0.3, -0.25) is 4.90 Å². The summed E-state index contributed by atoms with van der Waals surface area (Å²) in [5.41, 5.74) is 0.741. The van der Waals surface area contributed by atoms with Gasteiger partial charge in [0, 0.05) is 18.1 Å². The van der Waals surface area contributed by atoms with E-state index in [9.17, 15) is 0 Å². The number of likely N-dealkylation sites (tertiary alicyclic amines) is 1.